The highest BCUT2D eigenvalue weighted by Gasteiger charge is 2.23. The third-order valence-corrected chi connectivity index (χ3v) is 6.63. The van der Waals surface area contributed by atoms with Gasteiger partial charge in [0.05, 0.1) is 25.5 Å². The minimum atomic E-state index is -0.591. The van der Waals surface area contributed by atoms with Crippen molar-refractivity contribution < 1.29 is 23.5 Å². The first-order valence-electron chi connectivity index (χ1n) is 9.51. The summed E-state index contributed by atoms with van der Waals surface area (Å²) in [6.07, 6.45) is 0. The van der Waals surface area contributed by atoms with Gasteiger partial charge in [-0.25, -0.2) is 4.79 Å². The van der Waals surface area contributed by atoms with Crippen molar-refractivity contribution in [3.05, 3.63) is 64.4 Å². The van der Waals surface area contributed by atoms with Crippen LogP contribution >= 0.6 is 23.1 Å². The van der Waals surface area contributed by atoms with Crippen molar-refractivity contribution in [3.8, 4) is 5.75 Å². The number of aryl methyl sites for hydroxylation is 1. The van der Waals surface area contributed by atoms with Gasteiger partial charge in [0.15, 0.2) is 10.1 Å². The molecule has 10 heteroatoms. The fraction of sp³-hybridized carbons (Fsp3) is 0.182. The number of aromatic nitrogens is 2. The van der Waals surface area contributed by atoms with Crippen molar-refractivity contribution >= 4 is 51.6 Å². The number of carbonyl (C=O) groups is 2. The molecule has 1 N–H and O–H groups in total. The van der Waals surface area contributed by atoms with Gasteiger partial charge >= 0.3 is 5.97 Å². The first kappa shape index (κ1) is 21.8. The molecule has 0 aliphatic carbocycles. The molecule has 2 aromatic heterocycles. The van der Waals surface area contributed by atoms with Crippen LogP contribution in [0.5, 0.6) is 5.75 Å². The van der Waals surface area contributed by atoms with Gasteiger partial charge in [0.25, 0.3) is 5.91 Å². The van der Waals surface area contributed by atoms with E-state index in [0.717, 1.165) is 20.3 Å². The summed E-state index contributed by atoms with van der Waals surface area (Å²) in [6, 6.07) is 12.2. The molecule has 2 aromatic carbocycles. The average Bonchev–Trinajstić information content (AvgIpc) is 3.40. The predicted molar refractivity (Wildman–Crippen MR) is 123 cm³/mol. The van der Waals surface area contributed by atoms with E-state index >= 15 is 0 Å². The lowest BCUT2D eigenvalue weighted by Crippen LogP contribution is -2.16. The van der Waals surface area contributed by atoms with Crippen molar-refractivity contribution in [2.45, 2.75) is 17.0 Å². The lowest BCUT2D eigenvalue weighted by atomic mass is 10.1. The van der Waals surface area contributed by atoms with Gasteiger partial charge in [-0.1, -0.05) is 41.3 Å². The number of methoxy groups -OCH3 is 2. The summed E-state index contributed by atoms with van der Waals surface area (Å²) in [6.45, 7) is 1.89. The van der Waals surface area contributed by atoms with Gasteiger partial charge in [-0.05, 0) is 31.2 Å². The number of thioether (sulfide) groups is 1. The van der Waals surface area contributed by atoms with Crippen LogP contribution in [0, 0.1) is 6.92 Å². The van der Waals surface area contributed by atoms with Gasteiger partial charge in [0.1, 0.15) is 16.3 Å². The van der Waals surface area contributed by atoms with E-state index in [0.29, 0.717) is 22.8 Å². The van der Waals surface area contributed by atoms with Crippen LogP contribution in [0.25, 0.3) is 11.0 Å². The number of anilines is 1. The zero-order valence-electron chi connectivity index (χ0n) is 17.5. The van der Waals surface area contributed by atoms with Crippen LogP contribution in [0.2, 0.25) is 0 Å². The smallest absolute Gasteiger partial charge is 0.340 e. The normalized spacial score (nSPS) is 10.8. The number of amides is 1. The van der Waals surface area contributed by atoms with Crippen molar-refractivity contribution in [3.63, 3.8) is 0 Å². The van der Waals surface area contributed by atoms with Crippen molar-refractivity contribution in [2.24, 2.45) is 0 Å². The molecule has 2 heterocycles. The Balaban J connectivity index is 1.67. The molecule has 1 amide bonds. The van der Waals surface area contributed by atoms with Crippen molar-refractivity contribution in [1.82, 2.24) is 10.2 Å². The molecule has 0 radical (unpaired) electrons. The molecule has 0 bridgehead atoms. The van der Waals surface area contributed by atoms with Crippen LogP contribution in [0.3, 0.4) is 0 Å². The first-order chi connectivity index (χ1) is 15.5. The highest BCUT2D eigenvalue weighted by molar-refractivity contribution is 8.00. The number of hydrogen-bond acceptors (Lipinski definition) is 9. The quantitative estimate of drug-likeness (QED) is 0.300. The molecule has 32 heavy (non-hydrogen) atoms. The number of fused-ring (bicyclic) bond motifs is 1. The van der Waals surface area contributed by atoms with Crippen molar-refractivity contribution in [2.75, 3.05) is 19.5 Å². The first-order valence-corrected chi connectivity index (χ1v) is 11.3. The summed E-state index contributed by atoms with van der Waals surface area (Å²) in [4.78, 5) is 25.4. The Labute approximate surface area is 191 Å². The molecule has 0 fully saturated rings. The summed E-state index contributed by atoms with van der Waals surface area (Å²) in [5.41, 5.74) is 1.81. The van der Waals surface area contributed by atoms with Crippen LogP contribution in [-0.2, 0) is 10.5 Å². The topological polar surface area (TPSA) is 104 Å². The standard InChI is InChI=1S/C22H19N3O5S2/c1-12-24-25-22(32-12)31-11-16-14-6-4-5-7-18(14)30-19(16)20(26)23-17-9-8-13(28-2)10-15(17)21(27)29-3/h4-10H,11H2,1-3H3,(H,23,26). The third-order valence-electron chi connectivity index (χ3n) is 4.63. The molecule has 0 aliphatic rings. The van der Waals surface area contributed by atoms with Crippen molar-refractivity contribution in [1.29, 1.82) is 0 Å². The number of para-hydroxylation sites is 1. The number of furan rings is 1. The summed E-state index contributed by atoms with van der Waals surface area (Å²) in [7, 11) is 2.77. The molecule has 4 aromatic rings. The minimum absolute atomic E-state index is 0.173. The summed E-state index contributed by atoms with van der Waals surface area (Å²) >= 11 is 2.97. The fourth-order valence-corrected chi connectivity index (χ4v) is 4.96. The van der Waals surface area contributed by atoms with Crippen LogP contribution in [-0.4, -0.2) is 36.3 Å². The van der Waals surface area contributed by atoms with E-state index in [4.69, 9.17) is 13.9 Å². The maximum absolute atomic E-state index is 13.2. The van der Waals surface area contributed by atoms with Crippen LogP contribution in [0.4, 0.5) is 5.69 Å². The Morgan fingerprint density at radius 3 is 2.69 bits per heavy atom. The maximum Gasteiger partial charge on any atom is 0.340 e. The van der Waals surface area contributed by atoms with Gasteiger partial charge < -0.3 is 19.2 Å². The number of carbonyl (C=O) groups excluding carboxylic acids is 2. The van der Waals surface area contributed by atoms with E-state index in [-0.39, 0.29) is 11.3 Å². The fourth-order valence-electron chi connectivity index (χ4n) is 3.11. The van der Waals surface area contributed by atoms with Crippen LogP contribution in [0.15, 0.2) is 51.2 Å². The Morgan fingerprint density at radius 1 is 1.16 bits per heavy atom. The Bertz CT molecular complexity index is 1300. The van der Waals surface area contributed by atoms with Gasteiger partial charge in [-0.15, -0.1) is 10.2 Å². The molecule has 0 saturated heterocycles. The number of benzene rings is 2. The van der Waals surface area contributed by atoms with Gasteiger partial charge in [0, 0.05) is 16.7 Å². The second kappa shape index (κ2) is 9.41. The number of nitrogens with zero attached hydrogens (tertiary/aromatic N) is 2. The second-order valence-corrected chi connectivity index (χ2v) is 9.04. The monoisotopic (exact) mass is 469 g/mol. The number of nitrogens with one attached hydrogen (secondary N) is 1. The number of esters is 1. The third kappa shape index (κ3) is 4.46. The lowest BCUT2D eigenvalue weighted by Gasteiger charge is -2.11. The van der Waals surface area contributed by atoms with E-state index in [9.17, 15) is 9.59 Å². The summed E-state index contributed by atoms with van der Waals surface area (Å²) in [5, 5.41) is 12.7. The molecule has 0 spiro atoms. The minimum Gasteiger partial charge on any atom is -0.497 e. The van der Waals surface area contributed by atoms with E-state index in [1.807, 2.05) is 31.2 Å². The molecular formula is C22H19N3O5S2. The van der Waals surface area contributed by atoms with Gasteiger partial charge in [-0.3, -0.25) is 4.79 Å². The van der Waals surface area contributed by atoms with Gasteiger partial charge in [0.2, 0.25) is 0 Å². The number of ether oxygens (including phenoxy) is 2. The average molecular weight is 470 g/mol. The zero-order chi connectivity index (χ0) is 22.7. The largest absolute Gasteiger partial charge is 0.497 e. The molecule has 0 atom stereocenters. The Hall–Kier alpha value is -3.37. The predicted octanol–water partition coefficient (Wildman–Crippen LogP) is 4.93. The van der Waals surface area contributed by atoms with E-state index in [1.54, 1.807) is 12.1 Å². The summed E-state index contributed by atoms with van der Waals surface area (Å²) in [5.74, 6) is 0.0517. The van der Waals surface area contributed by atoms with E-state index in [2.05, 4.69) is 15.5 Å². The van der Waals surface area contributed by atoms with Gasteiger partial charge in [-0.2, -0.15) is 0 Å². The maximum atomic E-state index is 13.2. The zero-order valence-corrected chi connectivity index (χ0v) is 19.1. The molecule has 164 valence electrons. The van der Waals surface area contributed by atoms with E-state index < -0.39 is 11.9 Å². The highest BCUT2D eigenvalue weighted by Crippen LogP contribution is 2.34. The lowest BCUT2D eigenvalue weighted by molar-refractivity contribution is 0.0601. The second-order valence-electron chi connectivity index (χ2n) is 6.64. The molecule has 0 aliphatic heterocycles. The van der Waals surface area contributed by atoms with Crippen LogP contribution in [0.1, 0.15) is 31.5 Å². The summed E-state index contributed by atoms with van der Waals surface area (Å²) < 4.78 is 16.7. The molecule has 8 nitrogen and oxygen atoms in total. The molecule has 0 saturated carbocycles. The highest BCUT2D eigenvalue weighted by atomic mass is 32.2. The number of rotatable bonds is 7. The molecule has 4 rings (SSSR count). The molecular weight excluding hydrogens is 450 g/mol. The Kier molecular flexibility index (Phi) is 6.42. The molecule has 0 unspecified atom stereocenters. The Morgan fingerprint density at radius 2 is 1.97 bits per heavy atom. The van der Waals surface area contributed by atoms with E-state index in [1.165, 1.54) is 43.4 Å². The van der Waals surface area contributed by atoms with Crippen LogP contribution < -0.4 is 10.1 Å². The SMILES string of the molecule is COC(=O)c1cc(OC)ccc1NC(=O)c1oc2ccccc2c1CSc1nnc(C)s1. The number of hydrogen-bond donors (Lipinski definition) is 1.